The van der Waals surface area contributed by atoms with Crippen molar-refractivity contribution in [1.29, 1.82) is 0 Å². The van der Waals surface area contributed by atoms with Crippen molar-refractivity contribution < 1.29 is 27.4 Å². The normalized spacial score (nSPS) is 10.9. The van der Waals surface area contributed by atoms with E-state index in [1.807, 2.05) is 0 Å². The number of hydrogen-bond acceptors (Lipinski definition) is 6. The van der Waals surface area contributed by atoms with E-state index in [4.69, 9.17) is 30.5 Å². The summed E-state index contributed by atoms with van der Waals surface area (Å²) in [6, 6.07) is 7.35. The minimum atomic E-state index is -4.00. The Balaban J connectivity index is 2.68. The first-order valence-corrected chi connectivity index (χ1v) is 9.93. The lowest BCUT2D eigenvalue weighted by Gasteiger charge is -2.26. The van der Waals surface area contributed by atoms with Gasteiger partial charge in [0.15, 0.2) is 11.5 Å². The Morgan fingerprint density at radius 3 is 2.07 bits per heavy atom. The third kappa shape index (κ3) is 4.13. The molecule has 0 aliphatic rings. The fourth-order valence-corrected chi connectivity index (χ4v) is 4.27. The molecule has 0 spiro atoms. The van der Waals surface area contributed by atoms with Crippen LogP contribution in [0, 0.1) is 0 Å². The molecular formula is C19H22ClNO6S. The molecule has 0 aromatic heterocycles. The zero-order chi connectivity index (χ0) is 20.9. The zero-order valence-corrected chi connectivity index (χ0v) is 17.6. The van der Waals surface area contributed by atoms with Gasteiger partial charge in [0.25, 0.3) is 10.0 Å². The van der Waals surface area contributed by atoms with Crippen molar-refractivity contribution in [2.75, 3.05) is 39.3 Å². The molecule has 0 fully saturated rings. The van der Waals surface area contributed by atoms with E-state index in [1.54, 1.807) is 0 Å². The lowest BCUT2D eigenvalue weighted by Crippen LogP contribution is -2.31. The van der Waals surface area contributed by atoms with Gasteiger partial charge in [-0.1, -0.05) is 17.7 Å². The number of sulfonamides is 1. The van der Waals surface area contributed by atoms with Gasteiger partial charge in [-0.15, -0.1) is 6.58 Å². The summed E-state index contributed by atoms with van der Waals surface area (Å²) in [5.41, 5.74) is 0.262. The Morgan fingerprint density at radius 2 is 1.54 bits per heavy atom. The highest BCUT2D eigenvalue weighted by atomic mass is 35.5. The highest BCUT2D eigenvalue weighted by Gasteiger charge is 2.28. The van der Waals surface area contributed by atoms with Gasteiger partial charge in [0.1, 0.15) is 11.5 Å². The molecule has 7 nitrogen and oxygen atoms in total. The van der Waals surface area contributed by atoms with Gasteiger partial charge in [-0.05, 0) is 12.1 Å². The summed E-state index contributed by atoms with van der Waals surface area (Å²) in [6.07, 6.45) is 1.47. The van der Waals surface area contributed by atoms with Gasteiger partial charge in [0.05, 0.1) is 50.6 Å². The molecule has 0 aliphatic carbocycles. The van der Waals surface area contributed by atoms with Crippen LogP contribution in [-0.2, 0) is 10.0 Å². The predicted molar refractivity (Wildman–Crippen MR) is 109 cm³/mol. The Bertz CT molecular complexity index is 961. The molecule has 2 aromatic rings. The van der Waals surface area contributed by atoms with Crippen LogP contribution < -0.4 is 23.3 Å². The zero-order valence-electron chi connectivity index (χ0n) is 16.1. The molecule has 0 radical (unpaired) electrons. The minimum Gasteiger partial charge on any atom is -0.495 e. The van der Waals surface area contributed by atoms with Crippen molar-refractivity contribution >= 4 is 27.3 Å². The fraction of sp³-hybridized carbons (Fsp3) is 0.263. The molecule has 0 aliphatic heterocycles. The maximum absolute atomic E-state index is 13.4. The third-order valence-electron chi connectivity index (χ3n) is 3.96. The maximum atomic E-state index is 13.4. The SMILES string of the molecule is C=CCN(c1cc(OC)c(Cl)cc1OC)S(=O)(=O)c1ccc(OC)c(OC)c1. The van der Waals surface area contributed by atoms with Crippen LogP contribution in [0.15, 0.2) is 47.9 Å². The van der Waals surface area contributed by atoms with Crippen LogP contribution >= 0.6 is 11.6 Å². The number of ether oxygens (including phenoxy) is 4. The van der Waals surface area contributed by atoms with Crippen molar-refractivity contribution in [3.63, 3.8) is 0 Å². The quantitative estimate of drug-likeness (QED) is 0.567. The van der Waals surface area contributed by atoms with E-state index in [0.717, 1.165) is 4.31 Å². The number of halogens is 1. The van der Waals surface area contributed by atoms with Crippen molar-refractivity contribution in [1.82, 2.24) is 0 Å². The van der Waals surface area contributed by atoms with E-state index in [2.05, 4.69) is 6.58 Å². The average Bonchev–Trinajstić information content (AvgIpc) is 2.71. The van der Waals surface area contributed by atoms with Crippen molar-refractivity contribution in [3.05, 3.63) is 48.0 Å². The Kier molecular flexibility index (Phi) is 7.04. The summed E-state index contributed by atoms with van der Waals surface area (Å²) in [5.74, 6) is 1.30. The van der Waals surface area contributed by atoms with E-state index in [-0.39, 0.29) is 22.9 Å². The lowest BCUT2D eigenvalue weighted by atomic mass is 10.2. The molecule has 152 valence electrons. The van der Waals surface area contributed by atoms with Crippen LogP contribution in [0.3, 0.4) is 0 Å². The second-order valence-electron chi connectivity index (χ2n) is 5.50. The molecule has 0 saturated heterocycles. The topological polar surface area (TPSA) is 74.3 Å². The van der Waals surface area contributed by atoms with E-state index < -0.39 is 10.0 Å². The smallest absolute Gasteiger partial charge is 0.264 e. The molecule has 0 saturated carbocycles. The molecule has 0 unspecified atom stereocenters. The predicted octanol–water partition coefficient (Wildman–Crippen LogP) is 3.76. The number of hydrogen-bond donors (Lipinski definition) is 0. The molecule has 0 atom stereocenters. The molecule has 2 rings (SSSR count). The molecule has 0 N–H and O–H groups in total. The Labute approximate surface area is 170 Å². The van der Waals surface area contributed by atoms with Crippen molar-refractivity contribution in [3.8, 4) is 23.0 Å². The summed E-state index contributed by atoms with van der Waals surface area (Å²) in [5, 5.41) is 0.296. The average molecular weight is 428 g/mol. The van der Waals surface area contributed by atoms with E-state index in [9.17, 15) is 8.42 Å². The van der Waals surface area contributed by atoms with Gasteiger partial charge in [0, 0.05) is 18.2 Å². The summed E-state index contributed by atoms with van der Waals surface area (Å²) in [7, 11) is 1.78. The van der Waals surface area contributed by atoms with Gasteiger partial charge in [-0.2, -0.15) is 0 Å². The highest BCUT2D eigenvalue weighted by molar-refractivity contribution is 7.92. The maximum Gasteiger partial charge on any atom is 0.264 e. The van der Waals surface area contributed by atoms with Gasteiger partial charge in [-0.25, -0.2) is 8.42 Å². The van der Waals surface area contributed by atoms with Gasteiger partial charge in [0.2, 0.25) is 0 Å². The second kappa shape index (κ2) is 9.07. The lowest BCUT2D eigenvalue weighted by molar-refractivity contribution is 0.354. The summed E-state index contributed by atoms with van der Waals surface area (Å²) in [6.45, 7) is 3.66. The molecule has 0 bridgehead atoms. The largest absolute Gasteiger partial charge is 0.495 e. The highest BCUT2D eigenvalue weighted by Crippen LogP contribution is 2.40. The van der Waals surface area contributed by atoms with Gasteiger partial charge < -0.3 is 18.9 Å². The van der Waals surface area contributed by atoms with Crippen LogP contribution in [0.1, 0.15) is 0 Å². The van der Waals surface area contributed by atoms with Crippen LogP contribution in [0.2, 0.25) is 5.02 Å². The number of benzene rings is 2. The van der Waals surface area contributed by atoms with E-state index in [0.29, 0.717) is 22.3 Å². The molecule has 0 amide bonds. The summed E-state index contributed by atoms with van der Waals surface area (Å²) >= 11 is 6.14. The number of nitrogens with zero attached hydrogens (tertiary/aromatic N) is 1. The molecule has 2 aromatic carbocycles. The van der Waals surface area contributed by atoms with Crippen molar-refractivity contribution in [2.45, 2.75) is 4.90 Å². The molecular weight excluding hydrogens is 406 g/mol. The second-order valence-corrected chi connectivity index (χ2v) is 7.77. The number of methoxy groups -OCH3 is 4. The van der Waals surface area contributed by atoms with Gasteiger partial charge >= 0.3 is 0 Å². The van der Waals surface area contributed by atoms with Crippen LogP contribution in [0.4, 0.5) is 5.69 Å². The first kappa shape index (κ1) is 21.7. The Morgan fingerprint density at radius 1 is 0.929 bits per heavy atom. The summed E-state index contributed by atoms with van der Waals surface area (Å²) < 4.78 is 48.9. The number of anilines is 1. The van der Waals surface area contributed by atoms with Crippen LogP contribution in [0.25, 0.3) is 0 Å². The first-order valence-electron chi connectivity index (χ1n) is 8.11. The Hall–Kier alpha value is -2.58. The number of rotatable bonds is 9. The first-order chi connectivity index (χ1) is 13.3. The van der Waals surface area contributed by atoms with E-state index >= 15 is 0 Å². The van der Waals surface area contributed by atoms with Crippen LogP contribution in [-0.4, -0.2) is 43.4 Å². The fourth-order valence-electron chi connectivity index (χ4n) is 2.59. The monoisotopic (exact) mass is 427 g/mol. The van der Waals surface area contributed by atoms with Crippen molar-refractivity contribution in [2.24, 2.45) is 0 Å². The molecule has 9 heteroatoms. The minimum absolute atomic E-state index is 0.00216. The standard InChI is InChI=1S/C19H22ClNO6S/c1-6-9-21(15-12-17(25-3)14(20)11-18(15)26-4)28(22,23)13-7-8-16(24-2)19(10-13)27-5/h6-8,10-12H,1,9H2,2-5H3. The van der Waals surface area contributed by atoms with E-state index in [1.165, 1.54) is 64.8 Å². The third-order valence-corrected chi connectivity index (χ3v) is 6.03. The van der Waals surface area contributed by atoms with Crippen LogP contribution in [0.5, 0.6) is 23.0 Å². The summed E-state index contributed by atoms with van der Waals surface area (Å²) in [4.78, 5) is 0.0166. The molecule has 0 heterocycles. The van der Waals surface area contributed by atoms with Gasteiger partial charge in [-0.3, -0.25) is 4.31 Å². The molecule has 28 heavy (non-hydrogen) atoms.